The highest BCUT2D eigenvalue weighted by Gasteiger charge is 2.31. The van der Waals surface area contributed by atoms with Crippen LogP contribution >= 0.6 is 23.4 Å². The summed E-state index contributed by atoms with van der Waals surface area (Å²) in [5.74, 6) is 0. The van der Waals surface area contributed by atoms with E-state index in [1.807, 2.05) is 0 Å². The summed E-state index contributed by atoms with van der Waals surface area (Å²) in [5.41, 5.74) is 0. The van der Waals surface area contributed by atoms with Gasteiger partial charge in [-0.2, -0.15) is 0 Å². The van der Waals surface area contributed by atoms with Gasteiger partial charge in [-0.1, -0.05) is 36.2 Å². The lowest BCUT2D eigenvalue weighted by atomic mass is 9.96. The number of thioether (sulfide) groups is 1. The average molecular weight is 176 g/mol. The monoisotopic (exact) mass is 175 g/mol. The highest BCUT2D eigenvalue weighted by Crippen LogP contribution is 2.37. The number of nitrogens with zero attached hydrogens (tertiary/aromatic N) is 1. The SMILES string of the molecule is ClC1=NC2CCCCC2S1. The number of fused-ring (bicyclic) bond motifs is 1. The van der Waals surface area contributed by atoms with Crippen molar-refractivity contribution >= 4 is 27.9 Å². The van der Waals surface area contributed by atoms with E-state index in [-0.39, 0.29) is 0 Å². The van der Waals surface area contributed by atoms with E-state index in [1.165, 1.54) is 25.7 Å². The molecule has 56 valence electrons. The first-order chi connectivity index (χ1) is 4.86. The zero-order valence-electron chi connectivity index (χ0n) is 5.72. The van der Waals surface area contributed by atoms with Crippen LogP contribution in [-0.2, 0) is 0 Å². The number of halogens is 1. The van der Waals surface area contributed by atoms with Crippen molar-refractivity contribution < 1.29 is 0 Å². The first kappa shape index (κ1) is 6.99. The fraction of sp³-hybridized carbons (Fsp3) is 0.857. The average Bonchev–Trinajstić information content (AvgIpc) is 2.27. The van der Waals surface area contributed by atoms with E-state index >= 15 is 0 Å². The Morgan fingerprint density at radius 3 is 3.00 bits per heavy atom. The van der Waals surface area contributed by atoms with E-state index in [4.69, 9.17) is 11.6 Å². The predicted molar refractivity (Wildman–Crippen MR) is 46.9 cm³/mol. The third kappa shape index (κ3) is 1.19. The molecule has 2 rings (SSSR count). The molecule has 1 aliphatic heterocycles. The molecule has 1 aliphatic carbocycles. The standard InChI is InChI=1S/C7H10ClNS/c8-7-9-5-3-1-2-4-6(5)10-7/h5-6H,1-4H2. The maximum Gasteiger partial charge on any atom is 0.158 e. The summed E-state index contributed by atoms with van der Waals surface area (Å²) in [6, 6.07) is 0.561. The lowest BCUT2D eigenvalue weighted by Crippen LogP contribution is -2.21. The molecule has 10 heavy (non-hydrogen) atoms. The van der Waals surface area contributed by atoms with Gasteiger partial charge in [0.15, 0.2) is 4.50 Å². The van der Waals surface area contributed by atoms with Crippen molar-refractivity contribution in [2.75, 3.05) is 0 Å². The number of hydrogen-bond donors (Lipinski definition) is 0. The van der Waals surface area contributed by atoms with E-state index in [1.54, 1.807) is 11.8 Å². The molecule has 0 N–H and O–H groups in total. The van der Waals surface area contributed by atoms with Crippen molar-refractivity contribution in [2.45, 2.75) is 37.0 Å². The topological polar surface area (TPSA) is 12.4 Å². The van der Waals surface area contributed by atoms with Crippen LogP contribution < -0.4 is 0 Å². The zero-order chi connectivity index (χ0) is 6.97. The molecule has 1 fully saturated rings. The van der Waals surface area contributed by atoms with Gasteiger partial charge in [-0.05, 0) is 12.8 Å². The first-order valence-electron chi connectivity index (χ1n) is 3.76. The van der Waals surface area contributed by atoms with Crippen molar-refractivity contribution in [1.29, 1.82) is 0 Å². The molecule has 1 saturated carbocycles. The van der Waals surface area contributed by atoms with Gasteiger partial charge in [-0.3, -0.25) is 4.99 Å². The van der Waals surface area contributed by atoms with Crippen LogP contribution in [0.25, 0.3) is 0 Å². The largest absolute Gasteiger partial charge is 0.263 e. The van der Waals surface area contributed by atoms with Crippen LogP contribution in [0.3, 0.4) is 0 Å². The molecule has 1 heterocycles. The van der Waals surface area contributed by atoms with Crippen LogP contribution in [-0.4, -0.2) is 15.8 Å². The molecule has 0 radical (unpaired) electrons. The Morgan fingerprint density at radius 2 is 2.20 bits per heavy atom. The molecule has 0 aromatic carbocycles. The maximum atomic E-state index is 5.80. The minimum atomic E-state index is 0.561. The van der Waals surface area contributed by atoms with Crippen LogP contribution in [0, 0.1) is 0 Å². The van der Waals surface area contributed by atoms with Gasteiger partial charge in [-0.25, -0.2) is 0 Å². The highest BCUT2D eigenvalue weighted by molar-refractivity contribution is 8.17. The smallest absolute Gasteiger partial charge is 0.158 e. The molecular weight excluding hydrogens is 166 g/mol. The van der Waals surface area contributed by atoms with E-state index in [0.29, 0.717) is 6.04 Å². The van der Waals surface area contributed by atoms with Crippen LogP contribution in [0.5, 0.6) is 0 Å². The lowest BCUT2D eigenvalue weighted by molar-refractivity contribution is 0.462. The van der Waals surface area contributed by atoms with E-state index in [0.717, 1.165) is 9.75 Å². The maximum absolute atomic E-state index is 5.80. The fourth-order valence-corrected chi connectivity index (χ4v) is 3.20. The van der Waals surface area contributed by atoms with Crippen molar-refractivity contribution in [1.82, 2.24) is 0 Å². The second kappa shape index (κ2) is 2.74. The molecular formula is C7H10ClNS. The summed E-state index contributed by atoms with van der Waals surface area (Å²) in [6.45, 7) is 0. The molecule has 0 aromatic heterocycles. The summed E-state index contributed by atoms with van der Waals surface area (Å²) in [5, 5.41) is 0.723. The Hall–Kier alpha value is 0.310. The van der Waals surface area contributed by atoms with Gasteiger partial charge in [0, 0.05) is 5.25 Å². The van der Waals surface area contributed by atoms with Gasteiger partial charge in [0.05, 0.1) is 6.04 Å². The molecule has 2 atom stereocenters. The molecule has 0 amide bonds. The van der Waals surface area contributed by atoms with Crippen LogP contribution in [0.15, 0.2) is 4.99 Å². The highest BCUT2D eigenvalue weighted by atomic mass is 35.5. The van der Waals surface area contributed by atoms with Crippen LogP contribution in [0.4, 0.5) is 0 Å². The van der Waals surface area contributed by atoms with E-state index in [9.17, 15) is 0 Å². The van der Waals surface area contributed by atoms with Gasteiger partial charge >= 0.3 is 0 Å². The Morgan fingerprint density at radius 1 is 1.40 bits per heavy atom. The zero-order valence-corrected chi connectivity index (χ0v) is 7.29. The summed E-state index contributed by atoms with van der Waals surface area (Å²) < 4.78 is 0.789. The number of hydrogen-bond acceptors (Lipinski definition) is 2. The van der Waals surface area contributed by atoms with Crippen molar-refractivity contribution in [3.05, 3.63) is 0 Å². The van der Waals surface area contributed by atoms with Crippen molar-refractivity contribution in [3.8, 4) is 0 Å². The van der Waals surface area contributed by atoms with Gasteiger partial charge < -0.3 is 0 Å². The Kier molecular flexibility index (Phi) is 1.92. The van der Waals surface area contributed by atoms with Crippen LogP contribution in [0.1, 0.15) is 25.7 Å². The molecule has 2 aliphatic rings. The third-order valence-electron chi connectivity index (χ3n) is 2.18. The normalized spacial score (nSPS) is 39.1. The predicted octanol–water partition coefficient (Wildman–Crippen LogP) is 2.64. The Balaban J connectivity index is 2.06. The van der Waals surface area contributed by atoms with E-state index in [2.05, 4.69) is 4.99 Å². The first-order valence-corrected chi connectivity index (χ1v) is 5.02. The fourth-order valence-electron chi connectivity index (χ4n) is 1.65. The molecule has 0 aromatic rings. The molecule has 0 saturated heterocycles. The van der Waals surface area contributed by atoms with Crippen LogP contribution in [0.2, 0.25) is 0 Å². The van der Waals surface area contributed by atoms with Gasteiger partial charge in [-0.15, -0.1) is 0 Å². The van der Waals surface area contributed by atoms with E-state index < -0.39 is 0 Å². The van der Waals surface area contributed by atoms with Crippen molar-refractivity contribution in [2.24, 2.45) is 4.99 Å². The Labute approximate surface area is 70.2 Å². The van der Waals surface area contributed by atoms with Crippen molar-refractivity contribution in [3.63, 3.8) is 0 Å². The summed E-state index contributed by atoms with van der Waals surface area (Å²) >= 11 is 7.56. The summed E-state index contributed by atoms with van der Waals surface area (Å²) in [6.07, 6.45) is 5.28. The van der Waals surface area contributed by atoms with Gasteiger partial charge in [0.25, 0.3) is 0 Å². The minimum Gasteiger partial charge on any atom is -0.263 e. The molecule has 2 unspecified atom stereocenters. The number of aliphatic imine (C=N–C) groups is 1. The number of rotatable bonds is 0. The molecule has 1 nitrogen and oxygen atoms in total. The summed E-state index contributed by atoms with van der Waals surface area (Å²) in [4.78, 5) is 4.36. The van der Waals surface area contributed by atoms with Gasteiger partial charge in [0.1, 0.15) is 0 Å². The van der Waals surface area contributed by atoms with Gasteiger partial charge in [0.2, 0.25) is 0 Å². The molecule has 0 spiro atoms. The minimum absolute atomic E-state index is 0.561. The Bertz CT molecular complexity index is 169. The second-order valence-electron chi connectivity index (χ2n) is 2.89. The summed E-state index contributed by atoms with van der Waals surface area (Å²) in [7, 11) is 0. The second-order valence-corrected chi connectivity index (χ2v) is 4.70. The lowest BCUT2D eigenvalue weighted by Gasteiger charge is -2.21. The third-order valence-corrected chi connectivity index (χ3v) is 3.70. The molecule has 0 bridgehead atoms. The quantitative estimate of drug-likeness (QED) is 0.552. The molecule has 3 heteroatoms.